The number of anilines is 1. The molecule has 2 rings (SSSR count). The molecule has 2 N–H and O–H groups in total. The van der Waals surface area contributed by atoms with Gasteiger partial charge < -0.3 is 5.32 Å². The minimum absolute atomic E-state index is 0.317. The lowest BCUT2D eigenvalue weighted by atomic mass is 10.1. The zero-order valence-electron chi connectivity index (χ0n) is 7.83. The molecule has 4 heteroatoms. The van der Waals surface area contributed by atoms with Crippen molar-refractivity contribution in [3.63, 3.8) is 0 Å². The van der Waals surface area contributed by atoms with Gasteiger partial charge in [-0.1, -0.05) is 12.0 Å². The SMILES string of the molecule is C#CCNc1cccc2c1C(=O)NC2=O. The summed E-state index contributed by atoms with van der Waals surface area (Å²) in [6.07, 6.45) is 5.10. The molecule has 0 fully saturated rings. The van der Waals surface area contributed by atoms with Gasteiger partial charge in [-0.2, -0.15) is 0 Å². The molecule has 0 aliphatic carbocycles. The van der Waals surface area contributed by atoms with Crippen LogP contribution in [0.25, 0.3) is 0 Å². The molecule has 0 saturated carbocycles. The first kappa shape index (κ1) is 9.28. The molecule has 0 bridgehead atoms. The smallest absolute Gasteiger partial charge is 0.261 e. The highest BCUT2D eigenvalue weighted by atomic mass is 16.2. The Kier molecular flexibility index (Phi) is 2.14. The molecule has 1 aliphatic heterocycles. The van der Waals surface area contributed by atoms with Crippen LogP contribution in [-0.4, -0.2) is 18.4 Å². The van der Waals surface area contributed by atoms with Gasteiger partial charge in [0.25, 0.3) is 11.8 Å². The molecule has 1 aromatic rings. The number of nitrogens with one attached hydrogen (secondary N) is 2. The fraction of sp³-hybridized carbons (Fsp3) is 0.0909. The second-order valence-corrected chi connectivity index (χ2v) is 3.07. The molecule has 0 atom stereocenters. The lowest BCUT2D eigenvalue weighted by molar-refractivity contribution is 0.0880. The van der Waals surface area contributed by atoms with Crippen molar-refractivity contribution in [3.05, 3.63) is 29.3 Å². The number of benzene rings is 1. The van der Waals surface area contributed by atoms with Gasteiger partial charge in [-0.25, -0.2) is 0 Å². The lowest BCUT2D eigenvalue weighted by Gasteiger charge is -2.05. The van der Waals surface area contributed by atoms with Crippen LogP contribution in [-0.2, 0) is 0 Å². The van der Waals surface area contributed by atoms with Gasteiger partial charge in [0.15, 0.2) is 0 Å². The molecule has 0 unspecified atom stereocenters. The van der Waals surface area contributed by atoms with E-state index in [0.717, 1.165) is 0 Å². The van der Waals surface area contributed by atoms with Gasteiger partial charge in [0.05, 0.1) is 17.7 Å². The van der Waals surface area contributed by atoms with E-state index in [-0.39, 0.29) is 11.8 Å². The van der Waals surface area contributed by atoms with Gasteiger partial charge in [0, 0.05) is 5.69 Å². The average Bonchev–Trinajstić information content (AvgIpc) is 2.53. The number of rotatable bonds is 2. The van der Waals surface area contributed by atoms with Crippen LogP contribution >= 0.6 is 0 Å². The van der Waals surface area contributed by atoms with E-state index in [2.05, 4.69) is 16.6 Å². The van der Waals surface area contributed by atoms with Crippen LogP contribution in [0.5, 0.6) is 0 Å². The monoisotopic (exact) mass is 200 g/mol. The number of carbonyl (C=O) groups is 2. The standard InChI is InChI=1S/C11H8N2O2/c1-2-6-12-8-5-3-4-7-9(8)11(15)13-10(7)14/h1,3-5,12H,6H2,(H,13,14,15). The summed E-state index contributed by atoms with van der Waals surface area (Å²) >= 11 is 0. The number of amides is 2. The highest BCUT2D eigenvalue weighted by Crippen LogP contribution is 2.23. The third kappa shape index (κ3) is 1.44. The quantitative estimate of drug-likeness (QED) is 0.543. The summed E-state index contributed by atoms with van der Waals surface area (Å²) in [4.78, 5) is 22.7. The molecule has 74 valence electrons. The molecule has 2 amide bonds. The minimum atomic E-state index is -0.380. The molecule has 0 radical (unpaired) electrons. The molecule has 1 aliphatic rings. The Morgan fingerprint density at radius 1 is 1.33 bits per heavy atom. The van der Waals surface area contributed by atoms with Crippen LogP contribution in [0.2, 0.25) is 0 Å². The van der Waals surface area contributed by atoms with Crippen molar-refractivity contribution in [2.24, 2.45) is 0 Å². The van der Waals surface area contributed by atoms with Gasteiger partial charge in [-0.3, -0.25) is 14.9 Å². The van der Waals surface area contributed by atoms with Crippen LogP contribution in [0.4, 0.5) is 5.69 Å². The predicted molar refractivity (Wildman–Crippen MR) is 55.6 cm³/mol. The molecule has 1 aromatic carbocycles. The molecule has 1 heterocycles. The van der Waals surface area contributed by atoms with E-state index in [0.29, 0.717) is 23.4 Å². The molecule has 0 aromatic heterocycles. The molecule has 0 saturated heterocycles. The Labute approximate surface area is 86.7 Å². The van der Waals surface area contributed by atoms with Crippen LogP contribution in [0.1, 0.15) is 20.7 Å². The van der Waals surface area contributed by atoms with E-state index in [9.17, 15) is 9.59 Å². The Morgan fingerprint density at radius 3 is 2.87 bits per heavy atom. The van der Waals surface area contributed by atoms with Crippen molar-refractivity contribution in [2.75, 3.05) is 11.9 Å². The fourth-order valence-electron chi connectivity index (χ4n) is 1.51. The third-order valence-electron chi connectivity index (χ3n) is 2.14. The van der Waals surface area contributed by atoms with Crippen LogP contribution in [0.3, 0.4) is 0 Å². The summed E-state index contributed by atoms with van der Waals surface area (Å²) < 4.78 is 0. The van der Waals surface area contributed by atoms with Crippen molar-refractivity contribution >= 4 is 17.5 Å². The number of terminal acetylenes is 1. The second-order valence-electron chi connectivity index (χ2n) is 3.07. The van der Waals surface area contributed by atoms with E-state index in [1.807, 2.05) is 0 Å². The Morgan fingerprint density at radius 2 is 2.13 bits per heavy atom. The van der Waals surface area contributed by atoms with Gasteiger partial charge in [0.2, 0.25) is 0 Å². The molecular formula is C11H8N2O2. The number of imide groups is 1. The third-order valence-corrected chi connectivity index (χ3v) is 2.14. The van der Waals surface area contributed by atoms with Crippen LogP contribution in [0.15, 0.2) is 18.2 Å². The summed E-state index contributed by atoms with van der Waals surface area (Å²) in [5.74, 6) is 1.66. The first-order chi connectivity index (χ1) is 7.24. The van der Waals surface area contributed by atoms with E-state index < -0.39 is 0 Å². The summed E-state index contributed by atoms with van der Waals surface area (Å²) in [5.41, 5.74) is 1.36. The minimum Gasteiger partial charge on any atom is -0.373 e. The van der Waals surface area contributed by atoms with E-state index in [1.54, 1.807) is 18.2 Å². The highest BCUT2D eigenvalue weighted by molar-refractivity contribution is 6.23. The van der Waals surface area contributed by atoms with Gasteiger partial charge in [-0.05, 0) is 12.1 Å². The lowest BCUT2D eigenvalue weighted by Crippen LogP contribution is -2.20. The van der Waals surface area contributed by atoms with Crippen molar-refractivity contribution < 1.29 is 9.59 Å². The first-order valence-corrected chi connectivity index (χ1v) is 4.40. The molecule has 0 spiro atoms. The maximum atomic E-state index is 11.4. The zero-order valence-corrected chi connectivity index (χ0v) is 7.83. The number of hydrogen-bond acceptors (Lipinski definition) is 3. The Hall–Kier alpha value is -2.28. The Balaban J connectivity index is 2.47. The predicted octanol–water partition coefficient (Wildman–Crippen LogP) is 0.615. The molecule has 15 heavy (non-hydrogen) atoms. The van der Waals surface area contributed by atoms with Gasteiger partial charge >= 0.3 is 0 Å². The molecular weight excluding hydrogens is 192 g/mol. The van der Waals surface area contributed by atoms with Crippen LogP contribution < -0.4 is 10.6 Å². The van der Waals surface area contributed by atoms with Crippen molar-refractivity contribution in [1.82, 2.24) is 5.32 Å². The van der Waals surface area contributed by atoms with Crippen molar-refractivity contribution in [3.8, 4) is 12.3 Å². The first-order valence-electron chi connectivity index (χ1n) is 4.40. The van der Waals surface area contributed by atoms with Gasteiger partial charge in [-0.15, -0.1) is 6.42 Å². The maximum absolute atomic E-state index is 11.4. The number of fused-ring (bicyclic) bond motifs is 1. The average molecular weight is 200 g/mol. The summed E-state index contributed by atoms with van der Waals surface area (Å²) in [6.45, 7) is 0.317. The van der Waals surface area contributed by atoms with E-state index in [4.69, 9.17) is 6.42 Å². The summed E-state index contributed by atoms with van der Waals surface area (Å²) in [6, 6.07) is 5.03. The maximum Gasteiger partial charge on any atom is 0.261 e. The zero-order chi connectivity index (χ0) is 10.8. The molecule has 4 nitrogen and oxygen atoms in total. The van der Waals surface area contributed by atoms with Crippen molar-refractivity contribution in [1.29, 1.82) is 0 Å². The largest absolute Gasteiger partial charge is 0.373 e. The number of hydrogen-bond donors (Lipinski definition) is 2. The Bertz CT molecular complexity index is 486. The fourth-order valence-corrected chi connectivity index (χ4v) is 1.51. The topological polar surface area (TPSA) is 58.2 Å². The van der Waals surface area contributed by atoms with E-state index >= 15 is 0 Å². The second kappa shape index (κ2) is 3.46. The van der Waals surface area contributed by atoms with Crippen molar-refractivity contribution in [2.45, 2.75) is 0 Å². The summed E-state index contributed by atoms with van der Waals surface area (Å²) in [5, 5.41) is 5.13. The van der Waals surface area contributed by atoms with E-state index in [1.165, 1.54) is 0 Å². The highest BCUT2D eigenvalue weighted by Gasteiger charge is 2.28. The van der Waals surface area contributed by atoms with Crippen LogP contribution in [0, 0.1) is 12.3 Å². The number of carbonyl (C=O) groups excluding carboxylic acids is 2. The van der Waals surface area contributed by atoms with Gasteiger partial charge in [0.1, 0.15) is 0 Å². The normalized spacial score (nSPS) is 13.0. The summed E-state index contributed by atoms with van der Waals surface area (Å²) in [7, 11) is 0.